The molecule has 0 fully saturated rings. The van der Waals surface area contributed by atoms with Gasteiger partial charge in [-0.05, 0) is 73.9 Å². The zero-order valence-electron chi connectivity index (χ0n) is 24.0. The quantitative estimate of drug-likeness (QED) is 0.161. The van der Waals surface area contributed by atoms with Crippen LogP contribution in [0.15, 0.2) is 97.1 Å². The molecule has 0 aliphatic heterocycles. The fourth-order valence-corrected chi connectivity index (χ4v) is 5.02. The number of sulfonamides is 1. The molecule has 0 aliphatic carbocycles. The number of nitrogens with one attached hydrogen (secondary N) is 1. The van der Waals surface area contributed by atoms with Crippen LogP contribution in [-0.2, 0) is 27.8 Å². The molecule has 4 aromatic rings. The molecule has 216 valence electrons. The van der Waals surface area contributed by atoms with E-state index in [2.05, 4.69) is 21.8 Å². The molecule has 0 heterocycles. The summed E-state index contributed by atoms with van der Waals surface area (Å²) in [6, 6.07) is 31.5. The molecule has 8 heteroatoms. The third-order valence-corrected chi connectivity index (χ3v) is 6.89. The van der Waals surface area contributed by atoms with E-state index in [1.807, 2.05) is 99.6 Å². The lowest BCUT2D eigenvalue weighted by Crippen LogP contribution is -2.23. The Hall–Kier alpha value is -4.01. The number of rotatable bonds is 14. The van der Waals surface area contributed by atoms with E-state index in [-0.39, 0.29) is 6.10 Å². The van der Waals surface area contributed by atoms with Crippen LogP contribution >= 0.6 is 0 Å². The van der Waals surface area contributed by atoms with Crippen LogP contribution in [-0.4, -0.2) is 34.0 Å². The van der Waals surface area contributed by atoms with Crippen LogP contribution in [0.1, 0.15) is 30.5 Å². The highest BCUT2D eigenvalue weighted by molar-refractivity contribution is 7.92. The van der Waals surface area contributed by atoms with E-state index in [0.29, 0.717) is 37.7 Å². The van der Waals surface area contributed by atoms with Crippen molar-refractivity contribution >= 4 is 21.4 Å². The fourth-order valence-electron chi connectivity index (χ4n) is 4.40. The highest BCUT2D eigenvalue weighted by Crippen LogP contribution is 2.31. The number of hydrogen-bond donors (Lipinski definition) is 1. The summed E-state index contributed by atoms with van der Waals surface area (Å²) in [7, 11) is -3.40. The number of anilines is 2. The van der Waals surface area contributed by atoms with Crippen molar-refractivity contribution in [3.05, 3.63) is 114 Å². The number of nitrogens with zero attached hydrogens (tertiary/aromatic N) is 1. The third kappa shape index (κ3) is 9.55. The topological polar surface area (TPSA) is 77.1 Å². The van der Waals surface area contributed by atoms with Gasteiger partial charge in [-0.1, -0.05) is 54.6 Å². The molecule has 0 radical (unpaired) electrons. The summed E-state index contributed by atoms with van der Waals surface area (Å²) in [6.07, 6.45) is 1.34. The van der Waals surface area contributed by atoms with Gasteiger partial charge in [-0.2, -0.15) is 0 Å². The Balaban J connectivity index is 1.48. The number of hydrogen-bond acceptors (Lipinski definition) is 6. The Bertz CT molecular complexity index is 1510. The summed E-state index contributed by atoms with van der Waals surface area (Å²) in [5.41, 5.74) is 4.65. The second-order valence-corrected chi connectivity index (χ2v) is 11.9. The monoisotopic (exact) mass is 574 g/mol. The van der Waals surface area contributed by atoms with Gasteiger partial charge in [0.25, 0.3) is 0 Å². The van der Waals surface area contributed by atoms with Crippen LogP contribution in [0.3, 0.4) is 0 Å². The van der Waals surface area contributed by atoms with Crippen molar-refractivity contribution in [1.82, 2.24) is 0 Å². The van der Waals surface area contributed by atoms with Crippen molar-refractivity contribution in [2.75, 3.05) is 29.1 Å². The van der Waals surface area contributed by atoms with E-state index in [1.165, 1.54) is 0 Å². The van der Waals surface area contributed by atoms with Crippen LogP contribution in [0.5, 0.6) is 17.2 Å². The van der Waals surface area contributed by atoms with Gasteiger partial charge in [0.2, 0.25) is 10.0 Å². The highest BCUT2D eigenvalue weighted by Gasteiger charge is 2.15. The van der Waals surface area contributed by atoms with Crippen molar-refractivity contribution in [2.45, 2.75) is 40.0 Å². The van der Waals surface area contributed by atoms with Crippen molar-refractivity contribution in [1.29, 1.82) is 0 Å². The summed E-state index contributed by atoms with van der Waals surface area (Å²) in [6.45, 7) is 8.23. The van der Waals surface area contributed by atoms with Crippen molar-refractivity contribution in [3.8, 4) is 17.2 Å². The molecule has 4 aromatic carbocycles. The fraction of sp³-hybridized carbons (Fsp3) is 0.273. The van der Waals surface area contributed by atoms with E-state index in [1.54, 1.807) is 6.07 Å². The van der Waals surface area contributed by atoms with Gasteiger partial charge in [0.05, 0.1) is 24.7 Å². The standard InChI is InChI=1S/C33H38N2O5S/c1-25(2)38-20-21-39-30-12-8-13-31(22-30)40-29-18-16-28(17-19-29)24-35(23-27-10-6-5-7-11-27)33-15-9-14-32(26(33)3)34-41(4,36)37/h5-19,22,25,34H,20-21,23-24H2,1-4H3. The maximum absolute atomic E-state index is 11.9. The van der Waals surface area contributed by atoms with Gasteiger partial charge >= 0.3 is 0 Å². The predicted octanol–water partition coefficient (Wildman–Crippen LogP) is 7.17. The van der Waals surface area contributed by atoms with Gasteiger partial charge in [-0.3, -0.25) is 4.72 Å². The molecule has 41 heavy (non-hydrogen) atoms. The zero-order valence-corrected chi connectivity index (χ0v) is 24.9. The first-order chi connectivity index (χ1) is 19.7. The van der Waals surface area contributed by atoms with E-state index < -0.39 is 10.0 Å². The first-order valence-electron chi connectivity index (χ1n) is 13.6. The van der Waals surface area contributed by atoms with Crippen LogP contribution in [0.4, 0.5) is 11.4 Å². The Morgan fingerprint density at radius 2 is 1.41 bits per heavy atom. The Kier molecular flexibility index (Phi) is 10.3. The molecule has 0 saturated carbocycles. The maximum Gasteiger partial charge on any atom is 0.229 e. The smallest absolute Gasteiger partial charge is 0.229 e. The van der Waals surface area contributed by atoms with Gasteiger partial charge in [0.1, 0.15) is 23.9 Å². The lowest BCUT2D eigenvalue weighted by Gasteiger charge is -2.28. The van der Waals surface area contributed by atoms with E-state index in [9.17, 15) is 8.42 Å². The molecule has 0 amide bonds. The average Bonchev–Trinajstić information content (AvgIpc) is 2.93. The largest absolute Gasteiger partial charge is 0.491 e. The second-order valence-electron chi connectivity index (χ2n) is 10.2. The Morgan fingerprint density at radius 3 is 2.10 bits per heavy atom. The Labute approximate surface area is 243 Å². The zero-order chi connectivity index (χ0) is 29.2. The molecule has 0 saturated heterocycles. The summed E-state index contributed by atoms with van der Waals surface area (Å²) >= 11 is 0. The molecule has 0 bridgehead atoms. The van der Waals surface area contributed by atoms with Crippen LogP contribution in [0.25, 0.3) is 0 Å². The normalized spacial score (nSPS) is 11.3. The van der Waals surface area contributed by atoms with Gasteiger partial charge in [0.15, 0.2) is 0 Å². The van der Waals surface area contributed by atoms with E-state index in [0.717, 1.165) is 40.1 Å². The van der Waals surface area contributed by atoms with Gasteiger partial charge in [-0.25, -0.2) is 8.42 Å². The van der Waals surface area contributed by atoms with Crippen LogP contribution in [0.2, 0.25) is 0 Å². The molecule has 0 aromatic heterocycles. The predicted molar refractivity (Wildman–Crippen MR) is 166 cm³/mol. The van der Waals surface area contributed by atoms with Crippen molar-refractivity contribution in [2.24, 2.45) is 0 Å². The molecule has 0 aliphatic rings. The molecule has 0 unspecified atom stereocenters. The minimum absolute atomic E-state index is 0.174. The highest BCUT2D eigenvalue weighted by atomic mass is 32.2. The molecule has 1 N–H and O–H groups in total. The van der Waals surface area contributed by atoms with Crippen LogP contribution < -0.4 is 19.1 Å². The molecular weight excluding hydrogens is 536 g/mol. The van der Waals surface area contributed by atoms with E-state index in [4.69, 9.17) is 14.2 Å². The second kappa shape index (κ2) is 14.1. The maximum atomic E-state index is 11.9. The summed E-state index contributed by atoms with van der Waals surface area (Å²) in [5.74, 6) is 2.14. The summed E-state index contributed by atoms with van der Waals surface area (Å²) < 4.78 is 43.9. The van der Waals surface area contributed by atoms with E-state index >= 15 is 0 Å². The van der Waals surface area contributed by atoms with Gasteiger partial charge < -0.3 is 19.1 Å². The minimum atomic E-state index is -3.40. The van der Waals surface area contributed by atoms with Crippen LogP contribution in [0, 0.1) is 6.92 Å². The first-order valence-corrected chi connectivity index (χ1v) is 15.5. The van der Waals surface area contributed by atoms with Crippen molar-refractivity contribution < 1.29 is 22.6 Å². The number of ether oxygens (including phenoxy) is 3. The molecule has 0 atom stereocenters. The third-order valence-electron chi connectivity index (χ3n) is 6.30. The molecular formula is C33H38N2O5S. The molecule has 4 rings (SSSR count). The molecule has 7 nitrogen and oxygen atoms in total. The van der Waals surface area contributed by atoms with Gasteiger partial charge in [0, 0.05) is 24.8 Å². The molecule has 0 spiro atoms. The number of benzene rings is 4. The average molecular weight is 575 g/mol. The minimum Gasteiger partial charge on any atom is -0.491 e. The summed E-state index contributed by atoms with van der Waals surface area (Å²) in [4.78, 5) is 2.25. The lowest BCUT2D eigenvalue weighted by molar-refractivity contribution is 0.0552. The van der Waals surface area contributed by atoms with Crippen molar-refractivity contribution in [3.63, 3.8) is 0 Å². The Morgan fingerprint density at radius 1 is 0.756 bits per heavy atom. The first kappa shape index (κ1) is 30.0. The summed E-state index contributed by atoms with van der Waals surface area (Å²) in [5, 5.41) is 0. The SMILES string of the molecule is Cc1c(NS(C)(=O)=O)cccc1N(Cc1ccccc1)Cc1ccc(Oc2cccc(OCCOC(C)C)c2)cc1. The van der Waals surface area contributed by atoms with Gasteiger partial charge in [-0.15, -0.1) is 0 Å². The lowest BCUT2D eigenvalue weighted by atomic mass is 10.1.